The largest absolute Gasteiger partial charge is 0.479 e. The zero-order chi connectivity index (χ0) is 30.7. The number of nitrogens with one attached hydrogen (secondary N) is 2. The van der Waals surface area contributed by atoms with Gasteiger partial charge in [0.15, 0.2) is 11.4 Å². The van der Waals surface area contributed by atoms with Crippen LogP contribution < -0.4 is 24.8 Å². The molecule has 0 unspecified atom stereocenters. The lowest BCUT2D eigenvalue weighted by atomic mass is 10.2. The quantitative estimate of drug-likeness (QED) is 0.161. The van der Waals surface area contributed by atoms with Gasteiger partial charge in [-0.2, -0.15) is 9.97 Å². The molecular weight excluding hydrogens is 554 g/mol. The van der Waals surface area contributed by atoms with Gasteiger partial charge in [0.1, 0.15) is 5.75 Å². The first kappa shape index (κ1) is 33.1. The van der Waals surface area contributed by atoms with Crippen molar-refractivity contribution in [2.45, 2.75) is 51.9 Å². The summed E-state index contributed by atoms with van der Waals surface area (Å²) >= 11 is 0. The van der Waals surface area contributed by atoms with Crippen LogP contribution in [-0.4, -0.2) is 79.4 Å². The Bertz CT molecular complexity index is 1280. The zero-order valence-corrected chi connectivity index (χ0v) is 27.2. The second kappa shape index (κ2) is 15.7. The monoisotopic (exact) mass is 601 g/mol. The van der Waals surface area contributed by atoms with Gasteiger partial charge in [0.25, 0.3) is 11.9 Å². The number of rotatable bonds is 17. The van der Waals surface area contributed by atoms with E-state index in [1.54, 1.807) is 12.1 Å². The number of ether oxygens (including phenoxy) is 3. The molecule has 0 saturated heterocycles. The molecule has 1 aromatic carbocycles. The number of anilines is 2. The normalized spacial score (nSPS) is 11.8. The molecule has 0 fully saturated rings. The third-order valence-electron chi connectivity index (χ3n) is 7.02. The van der Waals surface area contributed by atoms with E-state index in [0.717, 1.165) is 50.2 Å². The number of nitrogens with zero attached hydrogens (tertiary/aromatic N) is 3. The summed E-state index contributed by atoms with van der Waals surface area (Å²) in [6.45, 7) is 12.4. The van der Waals surface area contributed by atoms with Gasteiger partial charge in [-0.1, -0.05) is 26.8 Å². The standard InChI is InChI=1S/C31H47N5O5S/c1-9-18-36(19-10-2)20-12-17-32-31-34-29(38-5)27(30(35-31)39-6)33-28(37)24-15-16-26(40-24)41-25-21-23(14-13-22(25)4)42(7,8)11-3/h13-16,21H,9-12,17-20H2,1-8H3,(H,33,37)(H,32,34,35). The Hall–Kier alpha value is -3.44. The summed E-state index contributed by atoms with van der Waals surface area (Å²) in [6, 6.07) is 9.45. The molecular formula is C31H47N5O5S. The van der Waals surface area contributed by atoms with Crippen molar-refractivity contribution in [2.24, 2.45) is 0 Å². The molecule has 2 aromatic heterocycles. The molecule has 0 radical (unpaired) electrons. The van der Waals surface area contributed by atoms with Crippen molar-refractivity contribution in [1.82, 2.24) is 14.9 Å². The van der Waals surface area contributed by atoms with E-state index in [1.807, 2.05) is 6.92 Å². The molecule has 11 heteroatoms. The fourth-order valence-electron chi connectivity index (χ4n) is 4.35. The van der Waals surface area contributed by atoms with Crippen LogP contribution in [0.2, 0.25) is 0 Å². The summed E-state index contributed by atoms with van der Waals surface area (Å²) in [5, 5.41) is 6.00. The number of benzene rings is 1. The van der Waals surface area contributed by atoms with Gasteiger partial charge in [-0.3, -0.25) is 4.79 Å². The van der Waals surface area contributed by atoms with E-state index >= 15 is 0 Å². The van der Waals surface area contributed by atoms with Crippen LogP contribution in [0.3, 0.4) is 0 Å². The van der Waals surface area contributed by atoms with Gasteiger partial charge in [-0.15, -0.1) is 0 Å². The lowest BCUT2D eigenvalue weighted by Gasteiger charge is -2.30. The van der Waals surface area contributed by atoms with Gasteiger partial charge in [0, 0.05) is 12.6 Å². The van der Waals surface area contributed by atoms with E-state index < -0.39 is 15.9 Å². The van der Waals surface area contributed by atoms with E-state index in [9.17, 15) is 4.79 Å². The average molecular weight is 602 g/mol. The second-order valence-corrected chi connectivity index (χ2v) is 14.6. The zero-order valence-electron chi connectivity index (χ0n) is 26.3. The van der Waals surface area contributed by atoms with Crippen LogP contribution in [0.1, 0.15) is 56.2 Å². The number of carbonyl (C=O) groups is 1. The Labute approximate surface area is 251 Å². The molecule has 2 heterocycles. The number of amides is 1. The number of carbonyl (C=O) groups excluding carboxylic acids is 1. The summed E-state index contributed by atoms with van der Waals surface area (Å²) in [6.07, 6.45) is 7.77. The fourth-order valence-corrected chi connectivity index (χ4v) is 5.55. The van der Waals surface area contributed by atoms with Crippen molar-refractivity contribution in [3.63, 3.8) is 0 Å². The maximum absolute atomic E-state index is 13.1. The van der Waals surface area contributed by atoms with Crippen LogP contribution in [0.25, 0.3) is 0 Å². The minimum Gasteiger partial charge on any atom is -0.479 e. The molecule has 1 amide bonds. The van der Waals surface area contributed by atoms with E-state index in [1.165, 1.54) is 19.1 Å². The molecule has 0 aliphatic carbocycles. The highest BCUT2D eigenvalue weighted by atomic mass is 32.3. The number of methoxy groups -OCH3 is 2. The number of hydrogen-bond donors (Lipinski definition) is 2. The summed E-state index contributed by atoms with van der Waals surface area (Å²) in [5.41, 5.74) is 1.19. The summed E-state index contributed by atoms with van der Waals surface area (Å²) in [7, 11) is 2.03. The van der Waals surface area contributed by atoms with E-state index in [0.29, 0.717) is 18.2 Å². The molecule has 0 aliphatic heterocycles. The average Bonchev–Trinajstić information content (AvgIpc) is 3.45. The molecule has 0 aliphatic rings. The molecule has 42 heavy (non-hydrogen) atoms. The number of aryl methyl sites for hydroxylation is 1. The summed E-state index contributed by atoms with van der Waals surface area (Å²) in [5.74, 6) is 2.25. The van der Waals surface area contributed by atoms with Crippen molar-refractivity contribution in [1.29, 1.82) is 0 Å². The van der Waals surface area contributed by atoms with Gasteiger partial charge >= 0.3 is 0 Å². The molecule has 0 saturated carbocycles. The van der Waals surface area contributed by atoms with Crippen LogP contribution in [0, 0.1) is 6.92 Å². The van der Waals surface area contributed by atoms with Gasteiger partial charge in [0.2, 0.25) is 17.7 Å². The molecule has 0 atom stereocenters. The lowest BCUT2D eigenvalue weighted by Crippen LogP contribution is -2.28. The summed E-state index contributed by atoms with van der Waals surface area (Å²) < 4.78 is 22.7. The van der Waals surface area contributed by atoms with Crippen molar-refractivity contribution in [3.8, 4) is 23.5 Å². The van der Waals surface area contributed by atoms with E-state index in [4.69, 9.17) is 18.6 Å². The maximum atomic E-state index is 13.1. The SMILES string of the molecule is CCCN(CCC)CCCNc1nc(OC)c(NC(=O)c2ccc(Oc3cc(S(C)(C)CC)ccc3C)o2)c(OC)n1. The Balaban J connectivity index is 1.69. The number of furan rings is 1. The van der Waals surface area contributed by atoms with Crippen molar-refractivity contribution in [2.75, 3.05) is 69.3 Å². The van der Waals surface area contributed by atoms with Gasteiger partial charge < -0.3 is 34.2 Å². The number of aromatic nitrogens is 2. The Kier molecular flexibility index (Phi) is 12.4. The van der Waals surface area contributed by atoms with Gasteiger partial charge in [-0.25, -0.2) is 10.0 Å². The smallest absolute Gasteiger partial charge is 0.291 e. The molecule has 3 rings (SSSR count). The molecule has 10 nitrogen and oxygen atoms in total. The predicted octanol–water partition coefficient (Wildman–Crippen LogP) is 6.81. The van der Waals surface area contributed by atoms with Crippen molar-refractivity contribution < 1.29 is 23.4 Å². The lowest BCUT2D eigenvalue weighted by molar-refractivity contribution is 0.0990. The van der Waals surface area contributed by atoms with Crippen molar-refractivity contribution in [3.05, 3.63) is 41.7 Å². The first-order valence-corrected chi connectivity index (χ1v) is 17.1. The molecule has 3 aromatic rings. The van der Waals surface area contributed by atoms with E-state index in [2.05, 4.69) is 77.0 Å². The molecule has 0 spiro atoms. The first-order chi connectivity index (χ1) is 20.1. The molecule has 232 valence electrons. The minimum atomic E-state index is -0.921. The third kappa shape index (κ3) is 8.78. The summed E-state index contributed by atoms with van der Waals surface area (Å²) in [4.78, 5) is 25.7. The third-order valence-corrected chi connectivity index (χ3v) is 9.99. The first-order valence-electron chi connectivity index (χ1n) is 14.5. The van der Waals surface area contributed by atoms with Crippen LogP contribution in [-0.2, 0) is 0 Å². The van der Waals surface area contributed by atoms with Crippen LogP contribution in [0.4, 0.5) is 11.6 Å². The van der Waals surface area contributed by atoms with E-state index in [-0.39, 0.29) is 29.2 Å². The molecule has 2 N–H and O–H groups in total. The van der Waals surface area contributed by atoms with Crippen molar-refractivity contribution >= 4 is 27.6 Å². The molecule has 0 bridgehead atoms. The highest BCUT2D eigenvalue weighted by Gasteiger charge is 2.22. The van der Waals surface area contributed by atoms with Crippen LogP contribution in [0.5, 0.6) is 23.5 Å². The second-order valence-electron chi connectivity index (χ2n) is 10.5. The fraction of sp³-hybridized carbons (Fsp3) is 0.516. The number of hydrogen-bond acceptors (Lipinski definition) is 9. The Morgan fingerprint density at radius 3 is 2.24 bits per heavy atom. The predicted molar refractivity (Wildman–Crippen MR) is 171 cm³/mol. The highest BCUT2D eigenvalue weighted by Crippen LogP contribution is 2.50. The van der Waals surface area contributed by atoms with Crippen LogP contribution in [0.15, 0.2) is 39.6 Å². The topological polar surface area (TPSA) is 111 Å². The Morgan fingerprint density at radius 1 is 0.976 bits per heavy atom. The maximum Gasteiger partial charge on any atom is 0.291 e. The highest BCUT2D eigenvalue weighted by molar-refractivity contribution is 8.32. The minimum absolute atomic E-state index is 0.0633. The Morgan fingerprint density at radius 2 is 1.64 bits per heavy atom. The van der Waals surface area contributed by atoms with Gasteiger partial charge in [-0.05, 0) is 92.7 Å². The van der Waals surface area contributed by atoms with Gasteiger partial charge in [0.05, 0.1) is 14.2 Å². The van der Waals surface area contributed by atoms with Crippen LogP contribution >= 0.6 is 10.0 Å².